The van der Waals surface area contributed by atoms with Gasteiger partial charge in [-0.25, -0.2) is 4.99 Å². The quantitative estimate of drug-likeness (QED) is 0.0583. The zero-order valence-corrected chi connectivity index (χ0v) is 40.4. The summed E-state index contributed by atoms with van der Waals surface area (Å²) in [5, 5.41) is 26.5. The fourth-order valence-electron chi connectivity index (χ4n) is 8.05. The monoisotopic (exact) mass is 958 g/mol. The molecule has 0 saturated carbocycles. The Balaban J connectivity index is 1.01. The lowest BCUT2D eigenvalue weighted by Gasteiger charge is -2.33. The van der Waals surface area contributed by atoms with Crippen LogP contribution in [0.1, 0.15) is 44.5 Å². The lowest BCUT2D eigenvalue weighted by molar-refractivity contribution is -0.00351. The topological polar surface area (TPSA) is 130 Å². The highest BCUT2D eigenvalue weighted by atomic mass is 16.5. The van der Waals surface area contributed by atoms with E-state index in [1.807, 2.05) is 243 Å². The second kappa shape index (κ2) is 23.5. The largest absolute Gasteiger partial charge is 0.497 e. The second-order valence-corrected chi connectivity index (χ2v) is 17.5. The number of nitrogens with one attached hydrogen (secondary N) is 3. The molecule has 0 aliphatic carbocycles. The molecule has 0 amide bonds. The predicted molar refractivity (Wildman–Crippen MR) is 292 cm³/mol. The molecule has 360 valence electrons. The summed E-state index contributed by atoms with van der Waals surface area (Å²) < 4.78 is 32.1. The summed E-state index contributed by atoms with van der Waals surface area (Å²) in [6.45, 7) is 0.504. The first-order chi connectivity index (χ1) is 35.8. The number of rotatable bonds is 22. The highest BCUT2D eigenvalue weighted by molar-refractivity contribution is 6.14. The van der Waals surface area contributed by atoms with Gasteiger partial charge in [-0.1, -0.05) is 121 Å². The van der Waals surface area contributed by atoms with Crippen molar-refractivity contribution in [3.63, 3.8) is 0 Å². The van der Waals surface area contributed by atoms with Crippen molar-refractivity contribution in [3.8, 4) is 28.7 Å². The number of nitrogens with zero attached hydrogens (tertiary/aromatic N) is 1. The van der Waals surface area contributed by atoms with Gasteiger partial charge in [0, 0.05) is 27.8 Å². The number of ether oxygens (including phenoxy) is 5. The van der Waals surface area contributed by atoms with Gasteiger partial charge in [0.25, 0.3) is 0 Å². The molecule has 0 spiro atoms. The average molecular weight is 959 g/mol. The third kappa shape index (κ3) is 12.7. The number of methoxy groups -OCH3 is 1. The summed E-state index contributed by atoms with van der Waals surface area (Å²) >= 11 is 0. The Morgan fingerprint density at radius 3 is 0.863 bits per heavy atom. The predicted octanol–water partition coefficient (Wildman–Crippen LogP) is 13.7. The SMILES string of the molecule is COc1ccc(N=C(c2ccccc2)c2ccc(OCC(COc3ccc(C(=N)c4ccccc4)cc3)(COc3ccc(C(=N)c4ccccc4)cc3)COc3ccc(C(=N)c4ccccc4)cc3)cc2)cc1. The van der Waals surface area contributed by atoms with Crippen LogP contribution in [0.2, 0.25) is 0 Å². The molecule has 73 heavy (non-hydrogen) atoms. The maximum Gasteiger partial charge on any atom is 0.119 e. The highest BCUT2D eigenvalue weighted by Gasteiger charge is 2.36. The fraction of sp³-hybridized carbons (Fsp3) is 0.0938. The Bertz CT molecular complexity index is 3020. The molecular formula is C64H54N4O5. The summed E-state index contributed by atoms with van der Waals surface area (Å²) in [4.78, 5) is 5.08. The van der Waals surface area contributed by atoms with Gasteiger partial charge in [0.2, 0.25) is 0 Å². The molecule has 0 heterocycles. The van der Waals surface area contributed by atoms with Crippen LogP contribution in [0.5, 0.6) is 28.7 Å². The smallest absolute Gasteiger partial charge is 0.119 e. The van der Waals surface area contributed by atoms with Crippen LogP contribution in [0.4, 0.5) is 5.69 Å². The Labute approximate surface area is 426 Å². The summed E-state index contributed by atoms with van der Waals surface area (Å²) in [7, 11) is 1.65. The van der Waals surface area contributed by atoms with Gasteiger partial charge < -0.3 is 23.7 Å². The standard InChI is InChI=1S/C64H54N4O5/c1-69-55-40-30-54(31-41-55)68-63(52-20-12-5-13-21-52)53-28-38-59(39-29-53)73-45-64(42-70-56-32-22-49(23-33-56)60(65)46-14-6-2-7-15-46,43-71-57-34-24-50(25-35-57)61(66)47-16-8-3-9-17-47)44-72-58-36-26-51(27-37-58)62(67)48-18-10-4-11-19-48/h2-41,65-67H,42-45H2,1H3. The van der Waals surface area contributed by atoms with Crippen molar-refractivity contribution in [1.82, 2.24) is 0 Å². The molecule has 9 aromatic carbocycles. The normalized spacial score (nSPS) is 11.9. The number of hydrogen-bond acceptors (Lipinski definition) is 9. The van der Waals surface area contributed by atoms with Crippen molar-refractivity contribution in [2.24, 2.45) is 10.4 Å². The summed E-state index contributed by atoms with van der Waals surface area (Å²) in [6.07, 6.45) is 0. The van der Waals surface area contributed by atoms with Crippen LogP contribution in [-0.4, -0.2) is 56.4 Å². The summed E-state index contributed by atoms with van der Waals surface area (Å²) in [6, 6.07) is 77.2. The number of aliphatic imine (C=N–C) groups is 1. The zero-order chi connectivity index (χ0) is 50.2. The molecule has 9 rings (SSSR count). The van der Waals surface area contributed by atoms with Crippen molar-refractivity contribution in [2.75, 3.05) is 33.5 Å². The average Bonchev–Trinajstić information content (AvgIpc) is 3.47. The van der Waals surface area contributed by atoms with E-state index in [-0.39, 0.29) is 26.4 Å². The van der Waals surface area contributed by atoms with Crippen LogP contribution >= 0.6 is 0 Å². The molecule has 9 nitrogen and oxygen atoms in total. The molecule has 9 aromatic rings. The molecule has 0 bridgehead atoms. The summed E-state index contributed by atoms with van der Waals surface area (Å²) in [5.41, 5.74) is 8.57. The Kier molecular flexibility index (Phi) is 15.7. The van der Waals surface area contributed by atoms with E-state index >= 15 is 0 Å². The van der Waals surface area contributed by atoms with Crippen LogP contribution in [0.3, 0.4) is 0 Å². The molecule has 9 heteroatoms. The van der Waals surface area contributed by atoms with Crippen molar-refractivity contribution < 1.29 is 23.7 Å². The van der Waals surface area contributed by atoms with Gasteiger partial charge in [-0.3, -0.25) is 16.2 Å². The summed E-state index contributed by atoms with van der Waals surface area (Å²) in [5.74, 6) is 3.20. The van der Waals surface area contributed by atoms with Gasteiger partial charge in [0.1, 0.15) is 60.6 Å². The van der Waals surface area contributed by atoms with E-state index in [4.69, 9.17) is 44.9 Å². The van der Waals surface area contributed by atoms with E-state index in [9.17, 15) is 0 Å². The fourth-order valence-corrected chi connectivity index (χ4v) is 8.05. The molecule has 0 fully saturated rings. The number of hydrogen-bond donors (Lipinski definition) is 3. The maximum atomic E-state index is 8.83. The highest BCUT2D eigenvalue weighted by Crippen LogP contribution is 2.29. The van der Waals surface area contributed by atoms with E-state index in [0.29, 0.717) is 40.1 Å². The second-order valence-electron chi connectivity index (χ2n) is 17.5. The van der Waals surface area contributed by atoms with E-state index < -0.39 is 5.41 Å². The van der Waals surface area contributed by atoms with Crippen LogP contribution in [0.25, 0.3) is 0 Å². The maximum absolute atomic E-state index is 8.83. The van der Waals surface area contributed by atoms with Crippen molar-refractivity contribution in [3.05, 3.63) is 287 Å². The molecule has 0 saturated heterocycles. The van der Waals surface area contributed by atoms with E-state index in [0.717, 1.165) is 61.7 Å². The first kappa shape index (κ1) is 48.7. The number of benzene rings is 9. The van der Waals surface area contributed by atoms with Crippen molar-refractivity contribution in [2.45, 2.75) is 0 Å². The van der Waals surface area contributed by atoms with Crippen molar-refractivity contribution in [1.29, 1.82) is 16.2 Å². The molecular weight excluding hydrogens is 905 g/mol. The zero-order valence-electron chi connectivity index (χ0n) is 40.4. The lowest BCUT2D eigenvalue weighted by atomic mass is 9.91. The molecule has 0 aromatic heterocycles. The van der Waals surface area contributed by atoms with E-state index in [2.05, 4.69) is 0 Å². The van der Waals surface area contributed by atoms with E-state index in [1.54, 1.807) is 7.11 Å². The van der Waals surface area contributed by atoms with Crippen LogP contribution in [0.15, 0.2) is 248 Å². The van der Waals surface area contributed by atoms with Gasteiger partial charge in [-0.15, -0.1) is 0 Å². The Morgan fingerprint density at radius 2 is 0.562 bits per heavy atom. The minimum atomic E-state index is -0.927. The Hall–Kier alpha value is -9.34. The molecule has 0 radical (unpaired) electrons. The van der Waals surface area contributed by atoms with Gasteiger partial charge in [0.05, 0.1) is 35.6 Å². The van der Waals surface area contributed by atoms with Gasteiger partial charge >= 0.3 is 0 Å². The van der Waals surface area contributed by atoms with E-state index in [1.165, 1.54) is 0 Å². The molecule has 3 N–H and O–H groups in total. The third-order valence-corrected chi connectivity index (χ3v) is 12.3. The molecule has 0 atom stereocenters. The van der Waals surface area contributed by atoms with Gasteiger partial charge in [-0.05, 0) is 138 Å². The molecule has 0 aliphatic rings. The van der Waals surface area contributed by atoms with Gasteiger partial charge in [0.15, 0.2) is 0 Å². The minimum Gasteiger partial charge on any atom is -0.497 e. The molecule has 0 unspecified atom stereocenters. The first-order valence-electron chi connectivity index (χ1n) is 23.9. The third-order valence-electron chi connectivity index (χ3n) is 12.3. The van der Waals surface area contributed by atoms with Crippen LogP contribution in [0, 0.1) is 21.6 Å². The lowest BCUT2D eigenvalue weighted by Crippen LogP contribution is -2.45. The molecule has 0 aliphatic heterocycles. The minimum absolute atomic E-state index is 0.126. The van der Waals surface area contributed by atoms with Crippen molar-refractivity contribution >= 4 is 28.5 Å². The van der Waals surface area contributed by atoms with Crippen LogP contribution < -0.4 is 23.7 Å². The van der Waals surface area contributed by atoms with Gasteiger partial charge in [-0.2, -0.15) is 0 Å². The Morgan fingerprint density at radius 1 is 0.315 bits per heavy atom. The first-order valence-corrected chi connectivity index (χ1v) is 23.9. The van der Waals surface area contributed by atoms with Crippen LogP contribution in [-0.2, 0) is 0 Å².